The van der Waals surface area contributed by atoms with Crippen LogP contribution in [0.5, 0.6) is 0 Å². The highest BCUT2D eigenvalue weighted by Gasteiger charge is 2.31. The Balaban J connectivity index is 1.46. The van der Waals surface area contributed by atoms with Gasteiger partial charge in [-0.3, -0.25) is 4.79 Å². The summed E-state index contributed by atoms with van der Waals surface area (Å²) in [5.74, 6) is 1.45. The Labute approximate surface area is 198 Å². The molecule has 6 rings (SSSR count). The molecule has 1 aliphatic carbocycles. The van der Waals surface area contributed by atoms with Crippen molar-refractivity contribution in [3.05, 3.63) is 75.7 Å². The molecule has 3 aromatic heterocycles. The zero-order valence-corrected chi connectivity index (χ0v) is 19.9. The number of hydrogen-bond acceptors (Lipinski definition) is 5. The fraction of sp³-hybridized carbons (Fsp3) is 0.370. The molecule has 4 heterocycles. The van der Waals surface area contributed by atoms with E-state index in [1.807, 2.05) is 39.7 Å². The number of anilines is 2. The summed E-state index contributed by atoms with van der Waals surface area (Å²) in [6, 6.07) is 16.5. The van der Waals surface area contributed by atoms with Gasteiger partial charge in [-0.05, 0) is 73.3 Å². The molecule has 1 aliphatic heterocycles. The van der Waals surface area contributed by atoms with Gasteiger partial charge in [-0.1, -0.05) is 32.9 Å². The first kappa shape index (κ1) is 21.1. The minimum absolute atomic E-state index is 0.000734. The fourth-order valence-electron chi connectivity index (χ4n) is 4.69. The van der Waals surface area contributed by atoms with Crippen molar-refractivity contribution in [1.82, 2.24) is 24.6 Å². The highest BCUT2D eigenvalue weighted by Crippen LogP contribution is 2.36. The van der Waals surface area contributed by atoms with E-state index in [-0.39, 0.29) is 17.0 Å². The maximum absolute atomic E-state index is 13.4. The molecule has 4 aromatic rings. The van der Waals surface area contributed by atoms with Gasteiger partial charge in [0.25, 0.3) is 5.56 Å². The summed E-state index contributed by atoms with van der Waals surface area (Å²) in [7, 11) is 0. The van der Waals surface area contributed by atoms with Crippen LogP contribution in [0.3, 0.4) is 0 Å². The van der Waals surface area contributed by atoms with E-state index in [1.54, 1.807) is 0 Å². The maximum Gasteiger partial charge on any atom is 0.276 e. The van der Waals surface area contributed by atoms with Gasteiger partial charge in [0.05, 0.1) is 11.4 Å². The van der Waals surface area contributed by atoms with Gasteiger partial charge in [-0.15, -0.1) is 0 Å². The summed E-state index contributed by atoms with van der Waals surface area (Å²) in [5.41, 5.74) is 5.26. The third kappa shape index (κ3) is 3.70. The molecule has 0 radical (unpaired) electrons. The summed E-state index contributed by atoms with van der Waals surface area (Å²) < 4.78 is 3.77. The number of rotatable bonds is 4. The number of aromatic nitrogens is 4. The van der Waals surface area contributed by atoms with E-state index in [0.717, 1.165) is 55.4 Å². The number of fused-ring (bicyclic) bond motifs is 2. The molecular formula is C27H30N6O. The number of benzene rings is 1. The molecule has 0 amide bonds. The van der Waals surface area contributed by atoms with Gasteiger partial charge in [0, 0.05) is 23.3 Å². The number of hydrogen-bond donors (Lipinski definition) is 2. The Bertz CT molecular complexity index is 1450. The van der Waals surface area contributed by atoms with Gasteiger partial charge in [-0.25, -0.2) is 19.3 Å². The van der Waals surface area contributed by atoms with Crippen LogP contribution in [0, 0.1) is 0 Å². The lowest BCUT2D eigenvalue weighted by atomic mass is 9.92. The van der Waals surface area contributed by atoms with Crippen molar-refractivity contribution in [2.45, 2.75) is 58.0 Å². The zero-order valence-electron chi connectivity index (χ0n) is 19.9. The molecule has 174 valence electrons. The first-order valence-electron chi connectivity index (χ1n) is 12.1. The normalized spacial score (nSPS) is 16.0. The molecule has 2 N–H and O–H groups in total. The highest BCUT2D eigenvalue weighted by molar-refractivity contribution is 5.79. The summed E-state index contributed by atoms with van der Waals surface area (Å²) in [6.07, 6.45) is 3.03. The molecule has 0 unspecified atom stereocenters. The van der Waals surface area contributed by atoms with Gasteiger partial charge < -0.3 is 10.6 Å². The van der Waals surface area contributed by atoms with Crippen molar-refractivity contribution in [3.63, 3.8) is 0 Å². The minimum Gasteiger partial charge on any atom is -0.340 e. The Morgan fingerprint density at radius 2 is 1.88 bits per heavy atom. The third-order valence-corrected chi connectivity index (χ3v) is 6.71. The summed E-state index contributed by atoms with van der Waals surface area (Å²) >= 11 is 0. The Kier molecular flexibility index (Phi) is 4.85. The van der Waals surface area contributed by atoms with E-state index in [4.69, 9.17) is 9.97 Å². The summed E-state index contributed by atoms with van der Waals surface area (Å²) in [4.78, 5) is 23.2. The SMILES string of the molecule is CC(C)(C)c1cccc(-n2c3nc(Nc4ccc5c(c4)CCNC5)ccc3c(=O)n2C2CC2)n1. The molecule has 0 bridgehead atoms. The first-order chi connectivity index (χ1) is 16.4. The largest absolute Gasteiger partial charge is 0.340 e. The minimum atomic E-state index is -0.0915. The Morgan fingerprint density at radius 3 is 2.68 bits per heavy atom. The lowest BCUT2D eigenvalue weighted by molar-refractivity contribution is 0.537. The van der Waals surface area contributed by atoms with E-state index in [2.05, 4.69) is 49.6 Å². The number of nitrogens with one attached hydrogen (secondary N) is 2. The predicted octanol–water partition coefficient (Wildman–Crippen LogP) is 4.60. The molecule has 34 heavy (non-hydrogen) atoms. The van der Waals surface area contributed by atoms with Crippen LogP contribution in [0.15, 0.2) is 53.3 Å². The van der Waals surface area contributed by atoms with E-state index in [0.29, 0.717) is 11.0 Å². The molecule has 7 nitrogen and oxygen atoms in total. The lowest BCUT2D eigenvalue weighted by Gasteiger charge is -2.19. The Morgan fingerprint density at radius 1 is 1.03 bits per heavy atom. The van der Waals surface area contributed by atoms with Gasteiger partial charge >= 0.3 is 0 Å². The second-order valence-corrected chi connectivity index (χ2v) is 10.4. The monoisotopic (exact) mass is 454 g/mol. The van der Waals surface area contributed by atoms with Crippen LogP contribution in [0.4, 0.5) is 11.5 Å². The van der Waals surface area contributed by atoms with Crippen molar-refractivity contribution in [2.75, 3.05) is 11.9 Å². The number of pyridine rings is 2. The van der Waals surface area contributed by atoms with Crippen LogP contribution in [-0.2, 0) is 18.4 Å². The quantitative estimate of drug-likeness (QED) is 0.471. The lowest BCUT2D eigenvalue weighted by Crippen LogP contribution is -2.23. The molecule has 0 spiro atoms. The van der Waals surface area contributed by atoms with E-state index < -0.39 is 0 Å². The van der Waals surface area contributed by atoms with Crippen LogP contribution in [-0.4, -0.2) is 25.9 Å². The van der Waals surface area contributed by atoms with Crippen LogP contribution >= 0.6 is 0 Å². The van der Waals surface area contributed by atoms with Crippen molar-refractivity contribution in [1.29, 1.82) is 0 Å². The van der Waals surface area contributed by atoms with Crippen molar-refractivity contribution < 1.29 is 0 Å². The van der Waals surface area contributed by atoms with E-state index >= 15 is 0 Å². The number of nitrogens with zero attached hydrogens (tertiary/aromatic N) is 4. The van der Waals surface area contributed by atoms with Gasteiger partial charge in [-0.2, -0.15) is 0 Å². The fourth-order valence-corrected chi connectivity index (χ4v) is 4.69. The molecular weight excluding hydrogens is 424 g/mol. The van der Waals surface area contributed by atoms with Gasteiger partial charge in [0.2, 0.25) is 0 Å². The van der Waals surface area contributed by atoms with Crippen molar-refractivity contribution >= 4 is 22.5 Å². The van der Waals surface area contributed by atoms with Crippen LogP contribution in [0.2, 0.25) is 0 Å². The van der Waals surface area contributed by atoms with Gasteiger partial charge in [0.15, 0.2) is 11.5 Å². The molecule has 0 saturated heterocycles. The van der Waals surface area contributed by atoms with Crippen LogP contribution in [0.25, 0.3) is 16.9 Å². The molecule has 7 heteroatoms. The van der Waals surface area contributed by atoms with E-state index in [9.17, 15) is 4.79 Å². The average Bonchev–Trinajstić information content (AvgIpc) is 3.62. The molecule has 1 fully saturated rings. The topological polar surface area (TPSA) is 76.8 Å². The standard InChI is InChI=1S/C27H30N6O/c1-27(2,3)22-5-4-6-24(30-22)33-25-21(26(34)32(33)20-9-10-20)11-12-23(31-25)29-19-8-7-18-16-28-14-13-17(18)15-19/h4-8,11-12,15,20,28H,9-10,13-14,16H2,1-3H3,(H,29,31). The average molecular weight is 455 g/mol. The first-order valence-corrected chi connectivity index (χ1v) is 12.1. The third-order valence-electron chi connectivity index (χ3n) is 6.71. The summed E-state index contributed by atoms with van der Waals surface area (Å²) in [6.45, 7) is 8.37. The second-order valence-electron chi connectivity index (χ2n) is 10.4. The predicted molar refractivity (Wildman–Crippen MR) is 135 cm³/mol. The second kappa shape index (κ2) is 7.81. The van der Waals surface area contributed by atoms with Gasteiger partial charge in [0.1, 0.15) is 5.82 Å². The van der Waals surface area contributed by atoms with Crippen molar-refractivity contribution in [2.24, 2.45) is 0 Å². The Hall–Kier alpha value is -3.45. The van der Waals surface area contributed by atoms with Crippen LogP contribution < -0.4 is 16.2 Å². The van der Waals surface area contributed by atoms with Crippen LogP contribution in [0.1, 0.15) is 56.5 Å². The molecule has 0 atom stereocenters. The van der Waals surface area contributed by atoms with E-state index in [1.165, 1.54) is 11.1 Å². The smallest absolute Gasteiger partial charge is 0.276 e. The summed E-state index contributed by atoms with van der Waals surface area (Å²) in [5, 5.41) is 7.49. The molecule has 2 aliphatic rings. The highest BCUT2D eigenvalue weighted by atomic mass is 16.1. The van der Waals surface area contributed by atoms with Crippen molar-refractivity contribution in [3.8, 4) is 5.82 Å². The zero-order chi connectivity index (χ0) is 23.4. The molecule has 1 saturated carbocycles. The molecule has 1 aromatic carbocycles. The maximum atomic E-state index is 13.4.